The Morgan fingerprint density at radius 3 is 2.51 bits per heavy atom. The topological polar surface area (TPSA) is 75.9 Å². The summed E-state index contributed by atoms with van der Waals surface area (Å²) >= 11 is 0. The van der Waals surface area contributed by atoms with Gasteiger partial charge in [-0.15, -0.1) is 0 Å². The number of hydrogen-bond donors (Lipinski definition) is 0. The molecule has 0 spiro atoms. The average Bonchev–Trinajstić information content (AvgIpc) is 3.25. The smallest absolute Gasteiger partial charge is 0.162 e. The van der Waals surface area contributed by atoms with Crippen LogP contribution >= 0.6 is 0 Å². The predicted octanol–water partition coefficient (Wildman–Crippen LogP) is 3.98. The molecule has 4 aromatic rings. The normalized spacial score (nSPS) is 16.3. The summed E-state index contributed by atoms with van der Waals surface area (Å²) in [6, 6.07) is 10.5. The molecule has 5 heterocycles. The molecule has 0 aliphatic carbocycles. The van der Waals surface area contributed by atoms with Crippen LogP contribution < -0.4 is 4.90 Å². The van der Waals surface area contributed by atoms with Crippen LogP contribution in [-0.2, 0) is 19.5 Å². The second-order valence-electron chi connectivity index (χ2n) is 9.44. The van der Waals surface area contributed by atoms with E-state index in [1.165, 1.54) is 42.5 Å². The van der Waals surface area contributed by atoms with Crippen LogP contribution in [0.2, 0.25) is 0 Å². The third kappa shape index (κ3) is 4.41. The van der Waals surface area contributed by atoms with Crippen molar-refractivity contribution in [3.63, 3.8) is 0 Å². The molecule has 1 saturated heterocycles. The van der Waals surface area contributed by atoms with Gasteiger partial charge in [0, 0.05) is 68.9 Å². The van der Waals surface area contributed by atoms with E-state index in [4.69, 9.17) is 10.1 Å². The standard InChI is InChI=1S/C27H30N8/c1-20-24(27(34-11-6-3-7-12-34)35(32-20)23-8-4-2-5-9-23)18-33-13-10-25-22(17-33)16-30-26(31-25)21-14-28-19-29-15-21/h2,4-5,8-9,14-16,19H,3,6-7,10-13,17-18H2,1H3. The quantitative estimate of drug-likeness (QED) is 0.440. The molecule has 2 aliphatic rings. The van der Waals surface area contributed by atoms with Crippen LogP contribution in [0.5, 0.6) is 0 Å². The van der Waals surface area contributed by atoms with E-state index in [0.29, 0.717) is 5.82 Å². The van der Waals surface area contributed by atoms with E-state index in [0.717, 1.165) is 61.8 Å². The zero-order valence-electron chi connectivity index (χ0n) is 20.1. The van der Waals surface area contributed by atoms with Gasteiger partial charge in [0.1, 0.15) is 12.1 Å². The second-order valence-corrected chi connectivity index (χ2v) is 9.44. The summed E-state index contributed by atoms with van der Waals surface area (Å²) < 4.78 is 2.16. The first-order chi connectivity index (χ1) is 17.3. The van der Waals surface area contributed by atoms with Crippen molar-refractivity contribution in [1.82, 2.24) is 34.6 Å². The average molecular weight is 467 g/mol. The molecule has 0 saturated carbocycles. The molecule has 8 nitrogen and oxygen atoms in total. The van der Waals surface area contributed by atoms with Crippen molar-refractivity contribution in [3.05, 3.63) is 77.8 Å². The van der Waals surface area contributed by atoms with Crippen LogP contribution in [-0.4, -0.2) is 54.3 Å². The third-order valence-corrected chi connectivity index (χ3v) is 7.03. The first kappa shape index (κ1) is 21.9. The van der Waals surface area contributed by atoms with Gasteiger partial charge in [-0.3, -0.25) is 4.90 Å². The monoisotopic (exact) mass is 466 g/mol. The SMILES string of the molecule is Cc1nn(-c2ccccc2)c(N2CCCCC2)c1CN1CCc2nc(-c3cncnc3)ncc2C1. The van der Waals surface area contributed by atoms with Crippen LogP contribution in [0.15, 0.2) is 55.2 Å². The van der Waals surface area contributed by atoms with Crippen LogP contribution in [0.4, 0.5) is 5.82 Å². The van der Waals surface area contributed by atoms with Crippen molar-refractivity contribution in [2.75, 3.05) is 24.5 Å². The summed E-state index contributed by atoms with van der Waals surface area (Å²) in [5.41, 5.74) is 6.74. The Balaban J connectivity index is 1.28. The second kappa shape index (κ2) is 9.54. The molecule has 2 aliphatic heterocycles. The lowest BCUT2D eigenvalue weighted by Crippen LogP contribution is -2.34. The number of aromatic nitrogens is 6. The molecule has 0 radical (unpaired) electrons. The zero-order chi connectivity index (χ0) is 23.6. The highest BCUT2D eigenvalue weighted by Gasteiger charge is 2.26. The summed E-state index contributed by atoms with van der Waals surface area (Å²) in [7, 11) is 0. The number of fused-ring (bicyclic) bond motifs is 1. The highest BCUT2D eigenvalue weighted by Crippen LogP contribution is 2.32. The van der Waals surface area contributed by atoms with Crippen molar-refractivity contribution in [2.45, 2.75) is 45.7 Å². The molecule has 35 heavy (non-hydrogen) atoms. The fraction of sp³-hybridized carbons (Fsp3) is 0.370. The van der Waals surface area contributed by atoms with Crippen molar-refractivity contribution < 1.29 is 0 Å². The Hall–Kier alpha value is -3.65. The van der Waals surface area contributed by atoms with Gasteiger partial charge in [-0.25, -0.2) is 24.6 Å². The molecule has 8 heteroatoms. The van der Waals surface area contributed by atoms with Gasteiger partial charge in [0.2, 0.25) is 0 Å². The fourth-order valence-electron chi connectivity index (χ4n) is 5.20. The summed E-state index contributed by atoms with van der Waals surface area (Å²) in [6.45, 7) is 7.01. The van der Waals surface area contributed by atoms with Gasteiger partial charge in [0.05, 0.1) is 22.6 Å². The lowest BCUT2D eigenvalue weighted by atomic mass is 10.1. The van der Waals surface area contributed by atoms with Gasteiger partial charge in [0.25, 0.3) is 0 Å². The van der Waals surface area contributed by atoms with Gasteiger partial charge in [-0.1, -0.05) is 18.2 Å². The van der Waals surface area contributed by atoms with Crippen LogP contribution in [0.3, 0.4) is 0 Å². The van der Waals surface area contributed by atoms with Crippen LogP contribution in [0, 0.1) is 6.92 Å². The number of piperidine rings is 1. The van der Waals surface area contributed by atoms with Crippen LogP contribution in [0.1, 0.15) is 41.8 Å². The molecule has 6 rings (SSSR count). The van der Waals surface area contributed by atoms with Gasteiger partial charge in [0.15, 0.2) is 5.82 Å². The largest absolute Gasteiger partial charge is 0.356 e. The minimum Gasteiger partial charge on any atom is -0.356 e. The number of anilines is 1. The Morgan fingerprint density at radius 2 is 1.71 bits per heavy atom. The van der Waals surface area contributed by atoms with Gasteiger partial charge < -0.3 is 4.90 Å². The summed E-state index contributed by atoms with van der Waals surface area (Å²) in [5, 5.41) is 5.02. The minimum absolute atomic E-state index is 0.699. The van der Waals surface area contributed by atoms with Crippen LogP contribution in [0.25, 0.3) is 17.1 Å². The van der Waals surface area contributed by atoms with E-state index in [1.807, 2.05) is 6.20 Å². The third-order valence-electron chi connectivity index (χ3n) is 7.03. The molecule has 0 unspecified atom stereocenters. The fourth-order valence-corrected chi connectivity index (χ4v) is 5.20. The maximum atomic E-state index is 5.02. The Morgan fingerprint density at radius 1 is 0.914 bits per heavy atom. The lowest BCUT2D eigenvalue weighted by molar-refractivity contribution is 0.242. The Kier molecular flexibility index (Phi) is 5.96. The van der Waals surface area contributed by atoms with Crippen molar-refractivity contribution in [3.8, 4) is 17.1 Å². The van der Waals surface area contributed by atoms with E-state index in [1.54, 1.807) is 12.4 Å². The molecule has 0 N–H and O–H groups in total. The van der Waals surface area contributed by atoms with Crippen molar-refractivity contribution >= 4 is 5.82 Å². The first-order valence-corrected chi connectivity index (χ1v) is 12.5. The van der Waals surface area contributed by atoms with Gasteiger partial charge in [-0.05, 0) is 38.3 Å². The molecular weight excluding hydrogens is 436 g/mol. The summed E-state index contributed by atoms with van der Waals surface area (Å²) in [6.07, 6.45) is 11.7. The highest BCUT2D eigenvalue weighted by atomic mass is 15.4. The molecule has 1 aromatic carbocycles. The Bertz CT molecular complexity index is 1300. The number of hydrogen-bond acceptors (Lipinski definition) is 7. The number of para-hydroxylation sites is 1. The first-order valence-electron chi connectivity index (χ1n) is 12.5. The molecular formula is C27H30N8. The van der Waals surface area contributed by atoms with E-state index < -0.39 is 0 Å². The van der Waals surface area contributed by atoms with Crippen molar-refractivity contribution in [2.24, 2.45) is 0 Å². The highest BCUT2D eigenvalue weighted by molar-refractivity contribution is 5.56. The maximum absolute atomic E-state index is 5.02. The van der Waals surface area contributed by atoms with Gasteiger partial charge >= 0.3 is 0 Å². The lowest BCUT2D eigenvalue weighted by Gasteiger charge is -2.32. The predicted molar refractivity (Wildman–Crippen MR) is 135 cm³/mol. The number of benzene rings is 1. The Labute approximate surface area is 205 Å². The molecule has 0 amide bonds. The van der Waals surface area contributed by atoms with E-state index >= 15 is 0 Å². The summed E-state index contributed by atoms with van der Waals surface area (Å²) in [4.78, 5) is 22.7. The summed E-state index contributed by atoms with van der Waals surface area (Å²) in [5.74, 6) is 1.96. The zero-order valence-corrected chi connectivity index (χ0v) is 20.1. The van der Waals surface area contributed by atoms with E-state index in [-0.39, 0.29) is 0 Å². The minimum atomic E-state index is 0.699. The molecule has 1 fully saturated rings. The van der Waals surface area contributed by atoms with Gasteiger partial charge in [-0.2, -0.15) is 5.10 Å². The van der Waals surface area contributed by atoms with E-state index in [9.17, 15) is 0 Å². The maximum Gasteiger partial charge on any atom is 0.162 e. The molecule has 0 atom stereocenters. The number of nitrogens with zero attached hydrogens (tertiary/aromatic N) is 8. The van der Waals surface area contributed by atoms with Crippen molar-refractivity contribution in [1.29, 1.82) is 0 Å². The molecule has 3 aromatic heterocycles. The van der Waals surface area contributed by atoms with E-state index in [2.05, 4.69) is 66.7 Å². The molecule has 0 bridgehead atoms. The number of rotatable bonds is 5. The number of aryl methyl sites for hydroxylation is 1. The molecule has 178 valence electrons.